The highest BCUT2D eigenvalue weighted by Gasteiger charge is 2.43. The van der Waals surface area contributed by atoms with E-state index in [1.165, 1.54) is 25.7 Å². The molecule has 4 atom stereocenters. The van der Waals surface area contributed by atoms with Crippen LogP contribution in [0.25, 0.3) is 0 Å². The van der Waals surface area contributed by atoms with E-state index in [1.54, 1.807) is 18.3 Å². The Kier molecular flexibility index (Phi) is 4.35. The van der Waals surface area contributed by atoms with Crippen molar-refractivity contribution in [1.29, 1.82) is 0 Å². The molecule has 3 aliphatic rings. The van der Waals surface area contributed by atoms with Crippen molar-refractivity contribution in [3.05, 3.63) is 30.1 Å². The van der Waals surface area contributed by atoms with Gasteiger partial charge in [-0.15, -0.1) is 0 Å². The van der Waals surface area contributed by atoms with Gasteiger partial charge in [-0.3, -0.25) is 14.6 Å². The second-order valence-corrected chi connectivity index (χ2v) is 7.37. The number of hydrogen-bond donors (Lipinski definition) is 1. The molecule has 1 amide bonds. The van der Waals surface area contributed by atoms with Crippen molar-refractivity contribution in [2.24, 2.45) is 5.92 Å². The first-order valence-electron chi connectivity index (χ1n) is 9.26. The Morgan fingerprint density at radius 1 is 1.12 bits per heavy atom. The zero-order chi connectivity index (χ0) is 16.5. The first kappa shape index (κ1) is 15.8. The van der Waals surface area contributed by atoms with Crippen molar-refractivity contribution in [2.75, 3.05) is 6.54 Å². The maximum absolute atomic E-state index is 13.0. The summed E-state index contributed by atoms with van der Waals surface area (Å²) in [7, 11) is 0. The lowest BCUT2D eigenvalue weighted by atomic mass is 9.85. The molecule has 1 aliphatic carbocycles. The molecule has 0 aromatic carbocycles. The summed E-state index contributed by atoms with van der Waals surface area (Å²) in [6.45, 7) is 0.690. The Labute approximate surface area is 142 Å². The minimum Gasteiger partial charge on any atom is -0.331 e. The van der Waals surface area contributed by atoms with E-state index in [4.69, 9.17) is 0 Å². The monoisotopic (exact) mass is 327 g/mol. The molecule has 0 spiro atoms. The first-order chi connectivity index (χ1) is 11.7. The summed E-state index contributed by atoms with van der Waals surface area (Å²) in [4.78, 5) is 31.8. The van der Waals surface area contributed by atoms with Gasteiger partial charge in [0, 0.05) is 18.8 Å². The Morgan fingerprint density at radius 2 is 2.00 bits per heavy atom. The van der Waals surface area contributed by atoms with Gasteiger partial charge in [-0.05, 0) is 50.2 Å². The van der Waals surface area contributed by atoms with Gasteiger partial charge in [-0.25, -0.2) is 0 Å². The molecule has 5 nitrogen and oxygen atoms in total. The van der Waals surface area contributed by atoms with Crippen LogP contribution in [0.5, 0.6) is 0 Å². The predicted octanol–water partition coefficient (Wildman–Crippen LogP) is 2.18. The molecular weight excluding hydrogens is 302 g/mol. The molecule has 2 saturated heterocycles. The van der Waals surface area contributed by atoms with Crippen LogP contribution in [0.15, 0.2) is 24.4 Å². The number of Topliss-reactive ketones (excluding diaryl/α,β-unsaturated/α-hetero) is 1. The summed E-state index contributed by atoms with van der Waals surface area (Å²) < 4.78 is 0. The molecule has 4 rings (SSSR count). The summed E-state index contributed by atoms with van der Waals surface area (Å²) in [6.07, 6.45) is 9.19. The lowest BCUT2D eigenvalue weighted by Gasteiger charge is -2.27. The van der Waals surface area contributed by atoms with Gasteiger partial charge < -0.3 is 10.2 Å². The quantitative estimate of drug-likeness (QED) is 0.865. The van der Waals surface area contributed by atoms with Crippen LogP contribution in [-0.4, -0.2) is 46.2 Å². The van der Waals surface area contributed by atoms with Crippen LogP contribution in [0.4, 0.5) is 0 Å². The van der Waals surface area contributed by atoms with Crippen LogP contribution in [0, 0.1) is 5.92 Å². The molecule has 3 heterocycles. The number of fused-ring (bicyclic) bond motifs is 1. The molecule has 1 aromatic rings. The maximum Gasteiger partial charge on any atom is 0.240 e. The SMILES string of the molecule is O=C(c1ccccn1)[C@@H]1CCCN1C(=O)[C@@H]1C[C@@H]2CCCC[C@@H]2N1. The van der Waals surface area contributed by atoms with E-state index < -0.39 is 0 Å². The number of nitrogens with zero attached hydrogens (tertiary/aromatic N) is 2. The van der Waals surface area contributed by atoms with Gasteiger partial charge in [-0.1, -0.05) is 18.9 Å². The Bertz CT molecular complexity index is 604. The highest BCUT2D eigenvalue weighted by atomic mass is 16.2. The predicted molar refractivity (Wildman–Crippen MR) is 90.6 cm³/mol. The summed E-state index contributed by atoms with van der Waals surface area (Å²) in [5.41, 5.74) is 0.468. The minimum absolute atomic E-state index is 0.0168. The van der Waals surface area contributed by atoms with Gasteiger partial charge in [0.05, 0.1) is 12.1 Å². The molecule has 128 valence electrons. The van der Waals surface area contributed by atoms with E-state index in [2.05, 4.69) is 10.3 Å². The number of ketones is 1. The van der Waals surface area contributed by atoms with Gasteiger partial charge in [0.2, 0.25) is 11.7 Å². The largest absolute Gasteiger partial charge is 0.331 e. The standard InChI is InChI=1S/C19H25N3O2/c23-18(15-8-3-4-10-20-15)17-9-5-11-22(17)19(24)16-12-13-6-1-2-7-14(13)21-16/h3-4,8,10,13-14,16-17,21H,1-2,5-7,9,11-12H2/t13-,14-,16-,17-/m0/s1. The molecule has 0 radical (unpaired) electrons. The van der Waals surface area contributed by atoms with Crippen molar-refractivity contribution in [3.8, 4) is 0 Å². The number of likely N-dealkylation sites (tertiary alicyclic amines) is 1. The molecule has 1 N–H and O–H groups in total. The van der Waals surface area contributed by atoms with Crippen LogP contribution >= 0.6 is 0 Å². The fourth-order valence-electron chi connectivity index (χ4n) is 4.69. The fourth-order valence-corrected chi connectivity index (χ4v) is 4.69. The lowest BCUT2D eigenvalue weighted by molar-refractivity contribution is -0.133. The lowest BCUT2D eigenvalue weighted by Crippen LogP contribution is -2.49. The van der Waals surface area contributed by atoms with E-state index in [9.17, 15) is 9.59 Å². The van der Waals surface area contributed by atoms with Crippen LogP contribution in [0.2, 0.25) is 0 Å². The Morgan fingerprint density at radius 3 is 2.79 bits per heavy atom. The number of carbonyl (C=O) groups excluding carboxylic acids is 2. The van der Waals surface area contributed by atoms with Crippen molar-refractivity contribution in [1.82, 2.24) is 15.2 Å². The highest BCUT2D eigenvalue weighted by molar-refractivity contribution is 6.01. The summed E-state index contributed by atoms with van der Waals surface area (Å²) >= 11 is 0. The van der Waals surface area contributed by atoms with Gasteiger partial charge in [-0.2, -0.15) is 0 Å². The van der Waals surface area contributed by atoms with Crippen LogP contribution in [0.3, 0.4) is 0 Å². The van der Waals surface area contributed by atoms with Crippen LogP contribution in [0.1, 0.15) is 55.4 Å². The molecule has 1 aromatic heterocycles. The summed E-state index contributed by atoms with van der Waals surface area (Å²) in [6, 6.07) is 5.43. The van der Waals surface area contributed by atoms with Crippen LogP contribution in [-0.2, 0) is 4.79 Å². The van der Waals surface area contributed by atoms with E-state index in [1.807, 2.05) is 11.0 Å². The van der Waals surface area contributed by atoms with Crippen molar-refractivity contribution >= 4 is 11.7 Å². The number of pyridine rings is 1. The molecule has 2 aliphatic heterocycles. The third kappa shape index (κ3) is 2.86. The average molecular weight is 327 g/mol. The number of hydrogen-bond acceptors (Lipinski definition) is 4. The molecule has 3 fully saturated rings. The number of aromatic nitrogens is 1. The number of nitrogens with one attached hydrogen (secondary N) is 1. The number of carbonyl (C=O) groups is 2. The molecule has 0 unspecified atom stereocenters. The maximum atomic E-state index is 13.0. The van der Waals surface area contributed by atoms with E-state index in [0.29, 0.717) is 24.2 Å². The van der Waals surface area contributed by atoms with Crippen LogP contribution < -0.4 is 5.32 Å². The summed E-state index contributed by atoms with van der Waals surface area (Å²) in [5, 5.41) is 3.55. The van der Waals surface area contributed by atoms with Gasteiger partial charge in [0.15, 0.2) is 0 Å². The minimum atomic E-state index is -0.336. The summed E-state index contributed by atoms with van der Waals surface area (Å²) in [5.74, 6) is 0.744. The van der Waals surface area contributed by atoms with E-state index in [0.717, 1.165) is 19.3 Å². The molecule has 24 heavy (non-hydrogen) atoms. The van der Waals surface area contributed by atoms with Crippen molar-refractivity contribution in [3.63, 3.8) is 0 Å². The van der Waals surface area contributed by atoms with Gasteiger partial charge in [0.25, 0.3) is 0 Å². The molecular formula is C19H25N3O2. The second-order valence-electron chi connectivity index (χ2n) is 7.37. The Balaban J connectivity index is 1.46. The van der Waals surface area contributed by atoms with Crippen molar-refractivity contribution in [2.45, 2.75) is 63.1 Å². The van der Waals surface area contributed by atoms with Crippen molar-refractivity contribution < 1.29 is 9.59 Å². The average Bonchev–Trinajstić information content (AvgIpc) is 3.28. The zero-order valence-corrected chi connectivity index (χ0v) is 14.0. The molecule has 0 bridgehead atoms. The molecule has 1 saturated carbocycles. The topological polar surface area (TPSA) is 62.3 Å². The third-order valence-electron chi connectivity index (χ3n) is 5.92. The Hall–Kier alpha value is -1.75. The smallest absolute Gasteiger partial charge is 0.240 e. The molecule has 5 heteroatoms. The third-order valence-corrected chi connectivity index (χ3v) is 5.92. The van der Waals surface area contributed by atoms with E-state index >= 15 is 0 Å². The zero-order valence-electron chi connectivity index (χ0n) is 14.0. The normalized spacial score (nSPS) is 32.6. The fraction of sp³-hybridized carbons (Fsp3) is 0.632. The van der Waals surface area contributed by atoms with Gasteiger partial charge >= 0.3 is 0 Å². The second kappa shape index (κ2) is 6.63. The highest BCUT2D eigenvalue weighted by Crippen LogP contribution is 2.34. The van der Waals surface area contributed by atoms with Gasteiger partial charge in [0.1, 0.15) is 5.69 Å². The van der Waals surface area contributed by atoms with E-state index in [-0.39, 0.29) is 23.8 Å². The number of amides is 1. The first-order valence-corrected chi connectivity index (χ1v) is 9.26. The number of rotatable bonds is 3.